The number of imidazole rings is 1. The molecule has 6 rings (SSSR count). The van der Waals surface area contributed by atoms with Crippen molar-refractivity contribution in [2.75, 3.05) is 5.32 Å². The van der Waals surface area contributed by atoms with Gasteiger partial charge in [-0.15, -0.1) is 0 Å². The number of fused-ring (bicyclic) bond motifs is 2. The van der Waals surface area contributed by atoms with Gasteiger partial charge in [0.2, 0.25) is 0 Å². The number of carbonyl (C=O) groups is 2. The van der Waals surface area contributed by atoms with Crippen molar-refractivity contribution in [3.05, 3.63) is 48.5 Å². The second-order valence-electron chi connectivity index (χ2n) is 9.94. The predicted molar refractivity (Wildman–Crippen MR) is 134 cm³/mol. The van der Waals surface area contributed by atoms with Crippen molar-refractivity contribution < 1.29 is 28.9 Å². The molecule has 1 saturated carbocycles. The summed E-state index contributed by atoms with van der Waals surface area (Å²) < 4.78 is 20.6. The molecule has 3 fully saturated rings. The molecular weight excluding hydrogens is 492 g/mol. The van der Waals surface area contributed by atoms with Gasteiger partial charge in [-0.25, -0.2) is 19.7 Å². The number of hydrogen-bond donors (Lipinski definition) is 3. The first kappa shape index (κ1) is 24.7. The van der Waals surface area contributed by atoms with Crippen LogP contribution in [0.4, 0.5) is 10.6 Å². The number of aromatic nitrogens is 4. The number of benzene rings is 1. The van der Waals surface area contributed by atoms with E-state index in [-0.39, 0.29) is 24.9 Å². The van der Waals surface area contributed by atoms with Gasteiger partial charge in [0.1, 0.15) is 18.5 Å². The van der Waals surface area contributed by atoms with Gasteiger partial charge in [-0.2, -0.15) is 0 Å². The predicted octanol–water partition coefficient (Wildman–Crippen LogP) is 3.01. The Morgan fingerprint density at radius 2 is 1.82 bits per heavy atom. The van der Waals surface area contributed by atoms with Crippen LogP contribution in [0.25, 0.3) is 11.2 Å². The zero-order valence-electron chi connectivity index (χ0n) is 20.7. The van der Waals surface area contributed by atoms with E-state index in [0.29, 0.717) is 23.4 Å². The van der Waals surface area contributed by atoms with Crippen molar-refractivity contribution in [2.45, 2.75) is 81.8 Å². The zero-order chi connectivity index (χ0) is 26.1. The summed E-state index contributed by atoms with van der Waals surface area (Å²) in [4.78, 5) is 36.9. The number of carbonyl (C=O) groups excluding carboxylic acids is 1. The molecule has 2 unspecified atom stereocenters. The molecule has 200 valence electrons. The minimum atomic E-state index is -0.902. The number of rotatable bonds is 8. The highest BCUT2D eigenvalue weighted by Gasteiger charge is 2.53. The third-order valence-electron chi connectivity index (χ3n) is 7.35. The Bertz CT molecular complexity index is 1300. The molecule has 2 aliphatic heterocycles. The smallest absolute Gasteiger partial charge is 0.320 e. The third-order valence-corrected chi connectivity index (χ3v) is 7.35. The van der Waals surface area contributed by atoms with Gasteiger partial charge < -0.3 is 24.6 Å². The van der Waals surface area contributed by atoms with Gasteiger partial charge in [-0.1, -0.05) is 43.2 Å². The van der Waals surface area contributed by atoms with E-state index < -0.39 is 36.8 Å². The van der Waals surface area contributed by atoms with Gasteiger partial charge >= 0.3 is 12.0 Å². The Morgan fingerprint density at radius 1 is 1.03 bits per heavy atom. The Labute approximate surface area is 218 Å². The maximum Gasteiger partial charge on any atom is 0.320 e. The van der Waals surface area contributed by atoms with E-state index >= 15 is 0 Å². The second kappa shape index (κ2) is 10.6. The molecule has 3 aliphatic rings. The number of aliphatic carboxylic acids is 1. The number of amides is 2. The Morgan fingerprint density at radius 3 is 2.61 bits per heavy atom. The van der Waals surface area contributed by atoms with Crippen LogP contribution >= 0.6 is 0 Å². The summed E-state index contributed by atoms with van der Waals surface area (Å²) in [7, 11) is 0. The van der Waals surface area contributed by atoms with Crippen LogP contribution in [0.5, 0.6) is 0 Å². The molecule has 2 amide bonds. The molecule has 4 heterocycles. The average molecular weight is 523 g/mol. The van der Waals surface area contributed by atoms with Crippen LogP contribution in [0.1, 0.15) is 50.3 Å². The molecule has 3 aromatic rings. The molecule has 0 spiro atoms. The van der Waals surface area contributed by atoms with Gasteiger partial charge in [0.05, 0.1) is 12.4 Å². The molecular formula is C26H30N6O6. The van der Waals surface area contributed by atoms with Crippen LogP contribution in [0.15, 0.2) is 43.0 Å². The quantitative estimate of drug-likeness (QED) is 0.406. The number of hydrogen-bond acceptors (Lipinski definition) is 8. The fourth-order valence-electron chi connectivity index (χ4n) is 5.55. The molecule has 12 heteroatoms. The van der Waals surface area contributed by atoms with Crippen molar-refractivity contribution in [1.82, 2.24) is 24.8 Å². The largest absolute Gasteiger partial charge is 0.481 e. The SMILES string of the molecule is O=C(O)CC[C@@H]1OC(n2cnc3c(NC(=O)NC4CCCC4)ncnc32)[C@H]2O[C@@H](Cc3ccccc3)OC21. The van der Waals surface area contributed by atoms with Crippen molar-refractivity contribution in [1.29, 1.82) is 0 Å². The molecule has 38 heavy (non-hydrogen) atoms. The molecule has 1 aromatic carbocycles. The Hall–Kier alpha value is -3.61. The van der Waals surface area contributed by atoms with Gasteiger partial charge in [-0.3, -0.25) is 14.7 Å². The van der Waals surface area contributed by atoms with Crippen LogP contribution in [0.3, 0.4) is 0 Å². The van der Waals surface area contributed by atoms with Gasteiger partial charge in [0.25, 0.3) is 0 Å². The maximum atomic E-state index is 12.6. The molecule has 0 radical (unpaired) electrons. The first-order valence-electron chi connectivity index (χ1n) is 13.0. The van der Waals surface area contributed by atoms with Crippen LogP contribution in [0.2, 0.25) is 0 Å². The molecule has 1 aliphatic carbocycles. The molecule has 5 atom stereocenters. The minimum Gasteiger partial charge on any atom is -0.481 e. The van der Waals surface area contributed by atoms with Crippen LogP contribution in [-0.4, -0.2) is 67.3 Å². The topological polar surface area (TPSA) is 150 Å². The molecule has 3 N–H and O–H groups in total. The van der Waals surface area contributed by atoms with Crippen molar-refractivity contribution in [2.24, 2.45) is 0 Å². The summed E-state index contributed by atoms with van der Waals surface area (Å²) in [6.45, 7) is 0. The number of ether oxygens (including phenoxy) is 3. The zero-order valence-corrected chi connectivity index (χ0v) is 20.7. The number of nitrogens with one attached hydrogen (secondary N) is 2. The fraction of sp³-hybridized carbons (Fsp3) is 0.500. The Kier molecular flexibility index (Phi) is 6.92. The summed E-state index contributed by atoms with van der Waals surface area (Å²) in [5, 5.41) is 15.0. The highest BCUT2D eigenvalue weighted by atomic mass is 16.8. The number of carboxylic acid groups (broad SMARTS) is 1. The van der Waals surface area contributed by atoms with E-state index in [4.69, 9.17) is 14.2 Å². The maximum absolute atomic E-state index is 12.6. The van der Waals surface area contributed by atoms with Gasteiger partial charge in [0, 0.05) is 18.9 Å². The third kappa shape index (κ3) is 5.06. The fourth-order valence-corrected chi connectivity index (χ4v) is 5.55. The Balaban J connectivity index is 1.23. The lowest BCUT2D eigenvalue weighted by molar-refractivity contribution is -0.148. The summed E-state index contributed by atoms with van der Waals surface area (Å²) in [6, 6.07) is 9.73. The normalized spacial score (nSPS) is 27.0. The first-order valence-corrected chi connectivity index (χ1v) is 13.0. The lowest BCUT2D eigenvalue weighted by Crippen LogP contribution is -2.36. The molecule has 2 aromatic heterocycles. The van der Waals surface area contributed by atoms with Crippen LogP contribution < -0.4 is 10.6 Å². The number of carboxylic acids is 1. The van der Waals surface area contributed by atoms with Gasteiger partial charge in [-0.05, 0) is 24.8 Å². The van der Waals surface area contributed by atoms with E-state index in [2.05, 4.69) is 25.6 Å². The monoisotopic (exact) mass is 522 g/mol. The summed E-state index contributed by atoms with van der Waals surface area (Å²) >= 11 is 0. The number of anilines is 1. The second-order valence-corrected chi connectivity index (χ2v) is 9.94. The van der Waals surface area contributed by atoms with Crippen molar-refractivity contribution in [3.63, 3.8) is 0 Å². The molecule has 12 nitrogen and oxygen atoms in total. The van der Waals surface area contributed by atoms with E-state index in [9.17, 15) is 14.7 Å². The van der Waals surface area contributed by atoms with E-state index in [0.717, 1.165) is 31.2 Å². The lowest BCUT2D eigenvalue weighted by Gasteiger charge is -2.21. The average Bonchev–Trinajstić information content (AvgIpc) is 3.69. The summed E-state index contributed by atoms with van der Waals surface area (Å²) in [6.07, 6.45) is 5.36. The lowest BCUT2D eigenvalue weighted by atomic mass is 10.1. The number of urea groups is 1. The van der Waals surface area contributed by atoms with E-state index in [1.807, 2.05) is 30.3 Å². The minimum absolute atomic E-state index is 0.0513. The van der Waals surface area contributed by atoms with Crippen molar-refractivity contribution >= 4 is 29.0 Å². The highest BCUT2D eigenvalue weighted by Crippen LogP contribution is 2.42. The molecule has 0 bridgehead atoms. The van der Waals surface area contributed by atoms with Crippen molar-refractivity contribution in [3.8, 4) is 0 Å². The van der Waals surface area contributed by atoms with Crippen LogP contribution in [0, 0.1) is 0 Å². The molecule has 2 saturated heterocycles. The standard InChI is InChI=1S/C26H30N6O6/c33-18(34)11-10-17-21-22(38-19(37-21)12-15-6-2-1-3-7-15)25(36-17)32-14-29-20-23(27-13-28-24(20)32)31-26(35)30-16-8-4-5-9-16/h1-3,6-7,13-14,16-17,19,21-22,25H,4-5,8-12H2,(H,33,34)(H2,27,28,30,31,35)/t17-,19-,21?,22-,25?/m0/s1. The van der Waals surface area contributed by atoms with E-state index in [1.54, 1.807) is 10.9 Å². The number of nitrogens with zero attached hydrogens (tertiary/aromatic N) is 4. The van der Waals surface area contributed by atoms with Crippen LogP contribution in [-0.2, 0) is 25.4 Å². The van der Waals surface area contributed by atoms with Gasteiger partial charge in [0.15, 0.2) is 29.5 Å². The van der Waals surface area contributed by atoms with E-state index in [1.165, 1.54) is 6.33 Å². The highest BCUT2D eigenvalue weighted by molar-refractivity contribution is 5.96. The summed E-state index contributed by atoms with van der Waals surface area (Å²) in [5.74, 6) is -0.604. The first-order chi connectivity index (χ1) is 18.5. The summed E-state index contributed by atoms with van der Waals surface area (Å²) in [5.41, 5.74) is 1.96.